The van der Waals surface area contributed by atoms with Gasteiger partial charge in [0.15, 0.2) is 17.3 Å². The predicted molar refractivity (Wildman–Crippen MR) is 91.7 cm³/mol. The van der Waals surface area contributed by atoms with Crippen LogP contribution >= 0.6 is 0 Å². The van der Waals surface area contributed by atoms with E-state index in [1.807, 2.05) is 12.4 Å². The Hall–Kier alpha value is -2.52. The van der Waals surface area contributed by atoms with Gasteiger partial charge in [0.25, 0.3) is 0 Å². The smallest absolute Gasteiger partial charge is 0.199 e. The summed E-state index contributed by atoms with van der Waals surface area (Å²) >= 11 is 0. The highest BCUT2D eigenvalue weighted by molar-refractivity contribution is 5.84. The molecular formula is C16H20N8O. The average Bonchev–Trinajstić information content (AvgIpc) is 3.26. The molecule has 3 N–H and O–H groups in total. The molecule has 2 aliphatic rings. The van der Waals surface area contributed by atoms with Crippen molar-refractivity contribution in [3.8, 4) is 11.5 Å². The number of nitrogens with one attached hydrogen (secondary N) is 1. The second kappa shape index (κ2) is 5.78. The molecule has 0 spiro atoms. The first kappa shape index (κ1) is 14.8. The average molecular weight is 340 g/mol. The zero-order valence-corrected chi connectivity index (χ0v) is 13.9. The summed E-state index contributed by atoms with van der Waals surface area (Å²) in [5.41, 5.74) is 9.63. The van der Waals surface area contributed by atoms with Crippen LogP contribution in [-0.2, 0) is 6.54 Å². The van der Waals surface area contributed by atoms with Crippen LogP contribution in [0.4, 0.5) is 5.82 Å². The van der Waals surface area contributed by atoms with Gasteiger partial charge in [0.2, 0.25) is 0 Å². The highest BCUT2D eigenvalue weighted by Gasteiger charge is 2.32. The molecule has 0 aromatic carbocycles. The van der Waals surface area contributed by atoms with E-state index in [0.717, 1.165) is 62.4 Å². The van der Waals surface area contributed by atoms with Gasteiger partial charge in [0, 0.05) is 50.5 Å². The lowest BCUT2D eigenvalue weighted by molar-refractivity contribution is 0.233. The minimum absolute atomic E-state index is 0.272. The summed E-state index contributed by atoms with van der Waals surface area (Å²) in [5, 5.41) is 11.1. The summed E-state index contributed by atoms with van der Waals surface area (Å²) in [7, 11) is 0. The molecule has 1 saturated heterocycles. The van der Waals surface area contributed by atoms with Crippen molar-refractivity contribution < 1.29 is 4.63 Å². The number of imidazole rings is 1. The molecule has 0 bridgehead atoms. The number of hydrogen-bond donors (Lipinski definition) is 2. The van der Waals surface area contributed by atoms with Gasteiger partial charge in [-0.2, -0.15) is 0 Å². The van der Waals surface area contributed by atoms with Crippen molar-refractivity contribution in [2.45, 2.75) is 25.4 Å². The zero-order chi connectivity index (χ0) is 16.8. The Bertz CT molecular complexity index is 906. The lowest BCUT2D eigenvalue weighted by Gasteiger charge is -2.27. The van der Waals surface area contributed by atoms with E-state index in [1.165, 1.54) is 5.56 Å². The van der Waals surface area contributed by atoms with Crippen LogP contribution in [0.2, 0.25) is 0 Å². The SMILES string of the molecule is Nc1nonc1-c1nc2cncc(CN3CCNCC3)c2n1C1CC1. The summed E-state index contributed by atoms with van der Waals surface area (Å²) in [6.07, 6.45) is 6.04. The highest BCUT2D eigenvalue weighted by atomic mass is 16.6. The standard InChI is InChI=1S/C16H20N8O/c17-15-13(21-25-22-15)16-20-12-8-19-7-10(9-23-5-3-18-4-6-23)14(12)24(16)11-1-2-11/h7-8,11,18H,1-6,9H2,(H2,17,22). The number of fused-ring (bicyclic) bond motifs is 1. The molecule has 25 heavy (non-hydrogen) atoms. The lowest BCUT2D eigenvalue weighted by Crippen LogP contribution is -2.42. The summed E-state index contributed by atoms with van der Waals surface area (Å²) in [6.45, 7) is 5.01. The van der Waals surface area contributed by atoms with Gasteiger partial charge in [-0.25, -0.2) is 9.61 Å². The first-order valence-corrected chi connectivity index (χ1v) is 8.67. The molecule has 4 heterocycles. The van der Waals surface area contributed by atoms with Crippen molar-refractivity contribution in [1.82, 2.24) is 35.1 Å². The van der Waals surface area contributed by atoms with Crippen LogP contribution in [-0.4, -0.2) is 55.9 Å². The fourth-order valence-corrected chi connectivity index (χ4v) is 3.55. The molecule has 0 radical (unpaired) electrons. The zero-order valence-electron chi connectivity index (χ0n) is 13.9. The van der Waals surface area contributed by atoms with Gasteiger partial charge in [0.1, 0.15) is 5.52 Å². The van der Waals surface area contributed by atoms with Gasteiger partial charge in [0.05, 0.1) is 11.7 Å². The number of aromatic nitrogens is 5. The molecule has 3 aromatic heterocycles. The first-order chi connectivity index (χ1) is 12.3. The molecule has 3 aromatic rings. The molecule has 0 atom stereocenters. The Morgan fingerprint density at radius 3 is 2.76 bits per heavy atom. The van der Waals surface area contributed by atoms with E-state index in [1.54, 1.807) is 0 Å². The largest absolute Gasteiger partial charge is 0.379 e. The molecular weight excluding hydrogens is 320 g/mol. The van der Waals surface area contributed by atoms with E-state index in [0.29, 0.717) is 11.7 Å². The molecule has 9 nitrogen and oxygen atoms in total. The van der Waals surface area contributed by atoms with Gasteiger partial charge in [-0.1, -0.05) is 0 Å². The second-order valence-electron chi connectivity index (χ2n) is 6.73. The van der Waals surface area contributed by atoms with Crippen LogP contribution in [0.3, 0.4) is 0 Å². The summed E-state index contributed by atoms with van der Waals surface area (Å²) in [4.78, 5) is 11.6. The number of piperazine rings is 1. The Morgan fingerprint density at radius 2 is 2.04 bits per heavy atom. The summed E-state index contributed by atoms with van der Waals surface area (Å²) in [6, 6.07) is 0.431. The minimum atomic E-state index is 0.272. The van der Waals surface area contributed by atoms with E-state index >= 15 is 0 Å². The number of nitrogens with zero attached hydrogens (tertiary/aromatic N) is 6. The third-order valence-corrected chi connectivity index (χ3v) is 4.91. The molecule has 9 heteroatoms. The van der Waals surface area contributed by atoms with Gasteiger partial charge in [-0.05, 0) is 23.2 Å². The van der Waals surface area contributed by atoms with E-state index in [4.69, 9.17) is 15.3 Å². The molecule has 0 unspecified atom stereocenters. The number of anilines is 1. The normalized spacial score (nSPS) is 18.9. The second-order valence-corrected chi connectivity index (χ2v) is 6.73. The van der Waals surface area contributed by atoms with Crippen molar-refractivity contribution in [3.63, 3.8) is 0 Å². The predicted octanol–water partition coefficient (Wildman–Crippen LogP) is 0.804. The minimum Gasteiger partial charge on any atom is -0.379 e. The van der Waals surface area contributed by atoms with Crippen molar-refractivity contribution in [1.29, 1.82) is 0 Å². The molecule has 130 valence electrons. The van der Waals surface area contributed by atoms with Crippen molar-refractivity contribution >= 4 is 16.9 Å². The van der Waals surface area contributed by atoms with Gasteiger partial charge in [-0.15, -0.1) is 0 Å². The number of hydrogen-bond acceptors (Lipinski definition) is 8. The molecule has 2 fully saturated rings. The van der Waals surface area contributed by atoms with Crippen LogP contribution in [0, 0.1) is 0 Å². The third kappa shape index (κ3) is 2.56. The maximum atomic E-state index is 5.92. The molecule has 1 aliphatic heterocycles. The highest BCUT2D eigenvalue weighted by Crippen LogP contribution is 2.42. The Labute approximate surface area is 144 Å². The summed E-state index contributed by atoms with van der Waals surface area (Å²) < 4.78 is 7.05. The number of pyridine rings is 1. The first-order valence-electron chi connectivity index (χ1n) is 8.67. The molecule has 1 saturated carbocycles. The maximum absolute atomic E-state index is 5.92. The molecule has 0 amide bonds. The van der Waals surface area contributed by atoms with Gasteiger partial charge < -0.3 is 15.6 Å². The lowest BCUT2D eigenvalue weighted by atomic mass is 10.2. The van der Waals surface area contributed by atoms with E-state index < -0.39 is 0 Å². The fraction of sp³-hybridized carbons (Fsp3) is 0.500. The van der Waals surface area contributed by atoms with Crippen LogP contribution in [0.5, 0.6) is 0 Å². The topological polar surface area (TPSA) is 111 Å². The van der Waals surface area contributed by atoms with Crippen LogP contribution < -0.4 is 11.1 Å². The van der Waals surface area contributed by atoms with Crippen LogP contribution in [0.15, 0.2) is 17.0 Å². The van der Waals surface area contributed by atoms with Crippen molar-refractivity contribution in [3.05, 3.63) is 18.0 Å². The van der Waals surface area contributed by atoms with Gasteiger partial charge in [-0.3, -0.25) is 9.88 Å². The number of rotatable bonds is 4. The Kier molecular flexibility index (Phi) is 3.42. The van der Waals surface area contributed by atoms with E-state index in [2.05, 4.69) is 30.1 Å². The van der Waals surface area contributed by atoms with Gasteiger partial charge >= 0.3 is 0 Å². The van der Waals surface area contributed by atoms with E-state index in [-0.39, 0.29) is 5.82 Å². The van der Waals surface area contributed by atoms with E-state index in [9.17, 15) is 0 Å². The monoisotopic (exact) mass is 340 g/mol. The number of nitrogens with two attached hydrogens (primary N) is 1. The van der Waals surface area contributed by atoms with Crippen molar-refractivity contribution in [2.75, 3.05) is 31.9 Å². The quantitative estimate of drug-likeness (QED) is 0.717. The van der Waals surface area contributed by atoms with Crippen LogP contribution in [0.25, 0.3) is 22.6 Å². The molecule has 1 aliphatic carbocycles. The summed E-state index contributed by atoms with van der Waals surface area (Å²) in [5.74, 6) is 1.000. The fourth-order valence-electron chi connectivity index (χ4n) is 3.55. The van der Waals surface area contributed by atoms with Crippen LogP contribution in [0.1, 0.15) is 24.4 Å². The number of nitrogen functional groups attached to an aromatic ring is 1. The van der Waals surface area contributed by atoms with Crippen molar-refractivity contribution in [2.24, 2.45) is 0 Å². The molecule has 5 rings (SSSR count). The Balaban J connectivity index is 1.64. The third-order valence-electron chi connectivity index (χ3n) is 4.91. The Morgan fingerprint density at radius 1 is 1.20 bits per heavy atom. The maximum Gasteiger partial charge on any atom is 0.199 e.